The summed E-state index contributed by atoms with van der Waals surface area (Å²) < 4.78 is 4.50. The summed E-state index contributed by atoms with van der Waals surface area (Å²) in [6.45, 7) is 2.16. The van der Waals surface area contributed by atoms with E-state index in [4.69, 9.17) is 17.0 Å². The molecule has 6 aromatic rings. The van der Waals surface area contributed by atoms with Gasteiger partial charge in [0, 0.05) is 23.5 Å². The average Bonchev–Trinajstić information content (AvgIpc) is 3.68. The van der Waals surface area contributed by atoms with Crippen molar-refractivity contribution in [3.05, 3.63) is 138 Å². The van der Waals surface area contributed by atoms with Gasteiger partial charge in [-0.1, -0.05) is 42.5 Å². The number of aromatic nitrogens is 2. The molecule has 2 aromatic heterocycles. The molecule has 0 saturated heterocycles. The van der Waals surface area contributed by atoms with E-state index in [1.807, 2.05) is 12.1 Å². The molecule has 5 heteroatoms. The van der Waals surface area contributed by atoms with E-state index in [0.29, 0.717) is 0 Å². The number of aryl methyl sites for hydroxylation is 1. The second kappa shape index (κ2) is 11.6. The molecule has 4 aromatic carbocycles. The number of para-hydroxylation sites is 1. The molecule has 0 fully saturated rings. The Labute approximate surface area is 230 Å². The van der Waals surface area contributed by atoms with Crippen molar-refractivity contribution >= 4 is 44.8 Å². The first-order valence-corrected chi connectivity index (χ1v) is 18.0. The van der Waals surface area contributed by atoms with E-state index >= 15 is 0 Å². The summed E-state index contributed by atoms with van der Waals surface area (Å²) in [7, 11) is 9.87. The van der Waals surface area contributed by atoms with Crippen LogP contribution in [0.25, 0.3) is 33.4 Å². The number of benzene rings is 3. The fourth-order valence-electron chi connectivity index (χ4n) is 4.82. The van der Waals surface area contributed by atoms with Gasteiger partial charge in [0.1, 0.15) is 0 Å². The van der Waals surface area contributed by atoms with Gasteiger partial charge < -0.3 is 9.13 Å². The maximum atomic E-state index is 4.93. The fourth-order valence-corrected chi connectivity index (χ4v) is 4.82. The summed E-state index contributed by atoms with van der Waals surface area (Å²) in [4.78, 5) is 0. The number of nitrogens with zero attached hydrogens (tertiary/aromatic N) is 2. The molecule has 0 spiro atoms. The Kier molecular flexibility index (Phi) is 8.02. The van der Waals surface area contributed by atoms with Crippen LogP contribution >= 0.6 is 17.0 Å². The number of fused-ring (bicyclic) bond motifs is 3. The molecule has 1 unspecified atom stereocenters. The summed E-state index contributed by atoms with van der Waals surface area (Å²) in [6.07, 6.45) is 9.59. The maximum absolute atomic E-state index is 4.93. The van der Waals surface area contributed by atoms with Crippen molar-refractivity contribution in [1.82, 2.24) is 9.13 Å². The van der Waals surface area contributed by atoms with E-state index in [2.05, 4.69) is 132 Å². The summed E-state index contributed by atoms with van der Waals surface area (Å²) in [5.41, 5.74) is 6.42. The number of allylic oxidation sites excluding steroid dienone is 1. The number of halogens is 2. The molecule has 1 atom stereocenters. The zero-order valence-electron chi connectivity index (χ0n) is 19.8. The van der Waals surface area contributed by atoms with Crippen molar-refractivity contribution in [1.29, 1.82) is 0 Å². The van der Waals surface area contributed by atoms with Gasteiger partial charge in [0.15, 0.2) is 0 Å². The van der Waals surface area contributed by atoms with Crippen LogP contribution in [-0.4, -0.2) is 9.13 Å². The zero-order chi connectivity index (χ0) is 24.9. The molecule has 2 heterocycles. The molecule has 176 valence electrons. The molecule has 36 heavy (non-hydrogen) atoms. The van der Waals surface area contributed by atoms with Gasteiger partial charge in [-0.15, -0.1) is 52.7 Å². The van der Waals surface area contributed by atoms with Crippen molar-refractivity contribution in [3.8, 4) is 5.69 Å². The quantitative estimate of drug-likeness (QED) is 0.179. The van der Waals surface area contributed by atoms with Crippen LogP contribution in [0.15, 0.2) is 116 Å². The molecule has 0 radical (unpaired) electrons. The molecule has 7 rings (SSSR count). The Morgan fingerprint density at radius 2 is 1.47 bits per heavy atom. The first-order chi connectivity index (χ1) is 17.7. The Morgan fingerprint density at radius 3 is 2.25 bits per heavy atom. The SMILES string of the molecule is Cc1cc2ccccc2n1-c1cc2ccccc2[cH-]1.[C-]1=Cc2ccccc2C1n1cccc1.[Cl][Zr+2][Cl]. The molecule has 1 aliphatic carbocycles. The van der Waals surface area contributed by atoms with Crippen LogP contribution in [0.1, 0.15) is 22.9 Å². The summed E-state index contributed by atoms with van der Waals surface area (Å²) >= 11 is -0.826. The van der Waals surface area contributed by atoms with Gasteiger partial charge in [-0.2, -0.15) is 5.56 Å². The Morgan fingerprint density at radius 1 is 0.806 bits per heavy atom. The van der Waals surface area contributed by atoms with Gasteiger partial charge in [-0.3, -0.25) is 0 Å². The van der Waals surface area contributed by atoms with E-state index in [1.54, 1.807) is 0 Å². The van der Waals surface area contributed by atoms with Gasteiger partial charge in [-0.25, -0.2) is 12.2 Å². The van der Waals surface area contributed by atoms with Crippen LogP contribution in [0, 0.1) is 13.0 Å². The molecular formula is C31H24Cl2N2Zr. The third kappa shape index (κ3) is 5.20. The standard InChI is InChI=1S/C18H14N.C13H10N.2ClH.Zr/c1-13-10-16-8-4-5-9-18(16)19(13)17-11-14-6-2-3-7-15(14)12-17;1-2-6-12-11(5-1)7-8-13(12)14-9-3-4-10-14;;;/h2-12H,1H3;1-7,9-10,13H;2*1H;/q2*-1;;;+4/p-2. The molecule has 0 N–H and O–H groups in total. The van der Waals surface area contributed by atoms with Crippen molar-refractivity contribution < 1.29 is 20.8 Å². The summed E-state index contributed by atoms with van der Waals surface area (Å²) in [5.74, 6) is 0. The second-order valence-electron chi connectivity index (χ2n) is 8.57. The van der Waals surface area contributed by atoms with Crippen LogP contribution in [0.4, 0.5) is 0 Å². The molecule has 0 bridgehead atoms. The first kappa shape index (κ1) is 25.0. The molecule has 0 amide bonds. The summed E-state index contributed by atoms with van der Waals surface area (Å²) in [6, 6.07) is 36.6. The van der Waals surface area contributed by atoms with Gasteiger partial charge in [0.05, 0.1) is 5.52 Å². The molecule has 0 saturated carbocycles. The second-order valence-corrected chi connectivity index (χ2v) is 12.3. The van der Waals surface area contributed by atoms with Gasteiger partial charge >= 0.3 is 37.9 Å². The van der Waals surface area contributed by atoms with Crippen molar-refractivity contribution in [2.24, 2.45) is 0 Å². The van der Waals surface area contributed by atoms with Crippen molar-refractivity contribution in [2.75, 3.05) is 0 Å². The number of hydrogen-bond donors (Lipinski definition) is 0. The normalized spacial score (nSPS) is 13.5. The predicted octanol–water partition coefficient (Wildman–Crippen LogP) is 9.10. The van der Waals surface area contributed by atoms with Crippen molar-refractivity contribution in [3.63, 3.8) is 0 Å². The number of hydrogen-bond acceptors (Lipinski definition) is 0. The average molecular weight is 587 g/mol. The minimum absolute atomic E-state index is 0.265. The van der Waals surface area contributed by atoms with Crippen LogP contribution < -0.4 is 0 Å². The van der Waals surface area contributed by atoms with E-state index in [1.165, 1.54) is 44.2 Å². The third-order valence-electron chi connectivity index (χ3n) is 6.37. The topological polar surface area (TPSA) is 9.86 Å². The number of rotatable bonds is 2. The van der Waals surface area contributed by atoms with Gasteiger partial charge in [0.2, 0.25) is 0 Å². The van der Waals surface area contributed by atoms with Gasteiger partial charge in [-0.05, 0) is 42.9 Å². The van der Waals surface area contributed by atoms with E-state index in [9.17, 15) is 0 Å². The molecular weight excluding hydrogens is 562 g/mol. The minimum atomic E-state index is -0.826. The zero-order valence-corrected chi connectivity index (χ0v) is 23.7. The van der Waals surface area contributed by atoms with Crippen LogP contribution in [0.2, 0.25) is 0 Å². The predicted molar refractivity (Wildman–Crippen MR) is 150 cm³/mol. The van der Waals surface area contributed by atoms with Gasteiger partial charge in [0.25, 0.3) is 0 Å². The Hall–Kier alpha value is -2.71. The van der Waals surface area contributed by atoms with Crippen molar-refractivity contribution in [2.45, 2.75) is 13.0 Å². The first-order valence-electron chi connectivity index (χ1n) is 11.7. The monoisotopic (exact) mass is 584 g/mol. The summed E-state index contributed by atoms with van der Waals surface area (Å²) in [5, 5.41) is 3.90. The van der Waals surface area contributed by atoms with E-state index in [0.717, 1.165) is 0 Å². The van der Waals surface area contributed by atoms with E-state index in [-0.39, 0.29) is 6.04 Å². The Balaban J connectivity index is 0.000000139. The van der Waals surface area contributed by atoms with E-state index < -0.39 is 20.8 Å². The van der Waals surface area contributed by atoms with Crippen LogP contribution in [-0.2, 0) is 20.8 Å². The van der Waals surface area contributed by atoms with Crippen LogP contribution in [0.3, 0.4) is 0 Å². The molecule has 1 aliphatic rings. The Bertz CT molecular complexity index is 1580. The molecule has 0 aliphatic heterocycles. The van der Waals surface area contributed by atoms with Crippen LogP contribution in [0.5, 0.6) is 0 Å². The third-order valence-corrected chi connectivity index (χ3v) is 6.37. The fraction of sp³-hybridized carbons (Fsp3) is 0.0645. The molecule has 2 nitrogen and oxygen atoms in total.